The molecule has 0 unspecified atom stereocenters. The number of hydrogen-bond donors (Lipinski definition) is 4. The van der Waals surface area contributed by atoms with Crippen molar-refractivity contribution in [2.45, 2.75) is 57.7 Å². The molecule has 0 bridgehead atoms. The molecule has 1 saturated carbocycles. The molecule has 2 heterocycles. The minimum absolute atomic E-state index is 0.0993. The van der Waals surface area contributed by atoms with Gasteiger partial charge in [0.25, 0.3) is 0 Å². The molecule has 4 rings (SSSR count). The van der Waals surface area contributed by atoms with Crippen LogP contribution in [0.3, 0.4) is 0 Å². The van der Waals surface area contributed by atoms with Gasteiger partial charge in [-0.15, -0.1) is 0 Å². The van der Waals surface area contributed by atoms with E-state index in [1.165, 1.54) is 6.42 Å². The number of hydrogen-bond acceptors (Lipinski definition) is 7. The molecule has 0 saturated heterocycles. The van der Waals surface area contributed by atoms with Gasteiger partial charge in [0.15, 0.2) is 17.0 Å². The van der Waals surface area contributed by atoms with Gasteiger partial charge in [-0.25, -0.2) is 4.98 Å². The Morgan fingerprint density at radius 1 is 1.17 bits per heavy atom. The lowest BCUT2D eigenvalue weighted by atomic mass is 9.91. The number of anilines is 4. The quantitative estimate of drug-likeness (QED) is 0.464. The number of benzene rings is 1. The van der Waals surface area contributed by atoms with Gasteiger partial charge < -0.3 is 26.7 Å². The van der Waals surface area contributed by atoms with Gasteiger partial charge in [0.1, 0.15) is 0 Å². The largest absolute Gasteiger partial charge is 0.399 e. The Morgan fingerprint density at radius 2 is 1.97 bits per heavy atom. The van der Waals surface area contributed by atoms with E-state index in [1.54, 1.807) is 18.5 Å². The minimum Gasteiger partial charge on any atom is -0.399 e. The first kappa shape index (κ1) is 19.7. The molecule has 1 aliphatic rings. The summed E-state index contributed by atoms with van der Waals surface area (Å²) in [5.74, 6) is 1.14. The highest BCUT2D eigenvalue weighted by molar-refractivity contribution is 6.31. The summed E-state index contributed by atoms with van der Waals surface area (Å²) in [6, 6.07) is 5.79. The lowest BCUT2D eigenvalue weighted by molar-refractivity contribution is 0.402. The maximum atomic E-state index is 6.31. The third kappa shape index (κ3) is 4.23. The van der Waals surface area contributed by atoms with Gasteiger partial charge in [-0.1, -0.05) is 24.4 Å². The zero-order valence-electron chi connectivity index (χ0n) is 16.7. The Balaban J connectivity index is 1.75. The van der Waals surface area contributed by atoms with Crippen LogP contribution in [0.4, 0.5) is 23.1 Å². The molecular formula is C20H27ClN8. The van der Waals surface area contributed by atoms with Crippen molar-refractivity contribution in [1.29, 1.82) is 0 Å². The summed E-state index contributed by atoms with van der Waals surface area (Å²) in [6.07, 6.45) is 6.14. The summed E-state index contributed by atoms with van der Waals surface area (Å²) in [6.45, 7) is 4.19. The molecule has 0 amide bonds. The van der Waals surface area contributed by atoms with Crippen LogP contribution in [0.5, 0.6) is 0 Å². The molecule has 154 valence electrons. The first-order valence-corrected chi connectivity index (χ1v) is 10.4. The van der Waals surface area contributed by atoms with Crippen LogP contribution in [-0.2, 0) is 0 Å². The number of nitrogens with one attached hydrogen (secondary N) is 2. The molecular weight excluding hydrogens is 388 g/mol. The zero-order chi connectivity index (χ0) is 20.5. The number of fused-ring (bicyclic) bond motifs is 1. The second-order valence-electron chi connectivity index (χ2n) is 7.91. The van der Waals surface area contributed by atoms with Crippen molar-refractivity contribution >= 4 is 45.9 Å². The van der Waals surface area contributed by atoms with Crippen LogP contribution >= 0.6 is 11.6 Å². The van der Waals surface area contributed by atoms with Gasteiger partial charge in [-0.2, -0.15) is 9.97 Å². The smallest absolute Gasteiger partial charge is 0.227 e. The second-order valence-corrected chi connectivity index (χ2v) is 8.35. The maximum absolute atomic E-state index is 6.31. The van der Waals surface area contributed by atoms with Crippen LogP contribution in [0.15, 0.2) is 24.5 Å². The van der Waals surface area contributed by atoms with Gasteiger partial charge in [0, 0.05) is 34.5 Å². The topological polar surface area (TPSA) is 120 Å². The zero-order valence-corrected chi connectivity index (χ0v) is 17.4. The van der Waals surface area contributed by atoms with E-state index in [-0.39, 0.29) is 18.1 Å². The summed E-state index contributed by atoms with van der Waals surface area (Å²) in [4.78, 5) is 14.0. The molecule has 9 heteroatoms. The molecule has 1 aromatic carbocycles. The third-order valence-electron chi connectivity index (χ3n) is 5.29. The lowest BCUT2D eigenvalue weighted by Gasteiger charge is -2.29. The van der Waals surface area contributed by atoms with Gasteiger partial charge in [-0.3, -0.25) is 0 Å². The summed E-state index contributed by atoms with van der Waals surface area (Å²) >= 11 is 6.16. The Morgan fingerprint density at radius 3 is 2.69 bits per heavy atom. The SMILES string of the molecule is CC(C)n1cnc2c(Nc3cc(N)cc(Cl)c3)nc(N[C@H]3CCCC[C@H]3N)nc21. The van der Waals surface area contributed by atoms with E-state index in [0.717, 1.165) is 30.6 Å². The van der Waals surface area contributed by atoms with Crippen molar-refractivity contribution < 1.29 is 0 Å². The van der Waals surface area contributed by atoms with Crippen LogP contribution in [-0.4, -0.2) is 31.6 Å². The summed E-state index contributed by atoms with van der Waals surface area (Å²) in [5.41, 5.74) is 15.0. The van der Waals surface area contributed by atoms with E-state index in [9.17, 15) is 0 Å². The molecule has 2 atom stereocenters. The molecule has 1 aliphatic carbocycles. The molecule has 8 nitrogen and oxygen atoms in total. The predicted molar refractivity (Wildman–Crippen MR) is 119 cm³/mol. The number of halogens is 1. The van der Waals surface area contributed by atoms with Crippen molar-refractivity contribution in [3.63, 3.8) is 0 Å². The fourth-order valence-electron chi connectivity index (χ4n) is 3.77. The van der Waals surface area contributed by atoms with Crippen molar-refractivity contribution in [1.82, 2.24) is 19.5 Å². The third-order valence-corrected chi connectivity index (χ3v) is 5.51. The van der Waals surface area contributed by atoms with Crippen LogP contribution in [0, 0.1) is 0 Å². The highest BCUT2D eigenvalue weighted by Crippen LogP contribution is 2.29. The van der Waals surface area contributed by atoms with E-state index in [4.69, 9.17) is 33.0 Å². The van der Waals surface area contributed by atoms with E-state index < -0.39 is 0 Å². The molecule has 1 fully saturated rings. The van der Waals surface area contributed by atoms with Gasteiger partial charge in [0.05, 0.1) is 6.33 Å². The second kappa shape index (κ2) is 8.04. The summed E-state index contributed by atoms with van der Waals surface area (Å²) in [5, 5.41) is 7.31. The van der Waals surface area contributed by atoms with Crippen molar-refractivity contribution in [2.75, 3.05) is 16.4 Å². The highest BCUT2D eigenvalue weighted by Gasteiger charge is 2.23. The molecule has 0 radical (unpaired) electrons. The van der Waals surface area contributed by atoms with Crippen LogP contribution in [0.1, 0.15) is 45.6 Å². The van der Waals surface area contributed by atoms with Gasteiger partial charge >= 0.3 is 0 Å². The van der Waals surface area contributed by atoms with Crippen LogP contribution in [0.25, 0.3) is 11.2 Å². The fourth-order valence-corrected chi connectivity index (χ4v) is 4.02. The van der Waals surface area contributed by atoms with E-state index in [0.29, 0.717) is 28.0 Å². The molecule has 0 aliphatic heterocycles. The fraction of sp³-hybridized carbons (Fsp3) is 0.450. The Kier molecular flexibility index (Phi) is 5.47. The molecule has 2 aromatic heterocycles. The van der Waals surface area contributed by atoms with Crippen molar-refractivity contribution in [3.8, 4) is 0 Å². The average molecular weight is 415 g/mol. The Labute approximate surface area is 175 Å². The lowest BCUT2D eigenvalue weighted by Crippen LogP contribution is -2.43. The number of aromatic nitrogens is 4. The number of rotatable bonds is 5. The normalized spacial score (nSPS) is 19.6. The van der Waals surface area contributed by atoms with Gasteiger partial charge in [0.2, 0.25) is 5.95 Å². The van der Waals surface area contributed by atoms with Crippen LogP contribution in [0.2, 0.25) is 5.02 Å². The number of nitrogens with zero attached hydrogens (tertiary/aromatic N) is 4. The minimum atomic E-state index is 0.0993. The van der Waals surface area contributed by atoms with Gasteiger partial charge in [-0.05, 0) is 44.9 Å². The van der Waals surface area contributed by atoms with Crippen LogP contribution < -0.4 is 22.1 Å². The molecule has 29 heavy (non-hydrogen) atoms. The Bertz CT molecular complexity index is 995. The average Bonchev–Trinajstić information content (AvgIpc) is 3.07. The molecule has 3 aromatic rings. The molecule has 6 N–H and O–H groups in total. The Hall–Kier alpha value is -2.58. The predicted octanol–water partition coefficient (Wildman–Crippen LogP) is 4.07. The van der Waals surface area contributed by atoms with E-state index in [2.05, 4.69) is 29.5 Å². The molecule has 0 spiro atoms. The summed E-state index contributed by atoms with van der Waals surface area (Å²) in [7, 11) is 0. The van der Waals surface area contributed by atoms with Crippen molar-refractivity contribution in [2.24, 2.45) is 5.73 Å². The van der Waals surface area contributed by atoms with E-state index in [1.807, 2.05) is 10.6 Å². The maximum Gasteiger partial charge on any atom is 0.227 e. The first-order chi connectivity index (χ1) is 13.9. The van der Waals surface area contributed by atoms with Crippen molar-refractivity contribution in [3.05, 3.63) is 29.5 Å². The highest BCUT2D eigenvalue weighted by atomic mass is 35.5. The first-order valence-electron chi connectivity index (χ1n) is 10.0. The number of nitrogens with two attached hydrogens (primary N) is 2. The standard InChI is InChI=1S/C20H27ClN8/c1-11(2)29-10-24-17-18(25-14-8-12(21)7-13(22)9-14)27-20(28-19(17)29)26-16-6-4-3-5-15(16)23/h7-11,15-16H,3-6,22-23H2,1-2H3,(H2,25,26,27,28)/t15-,16+/m1/s1. The monoisotopic (exact) mass is 414 g/mol. The summed E-state index contributed by atoms with van der Waals surface area (Å²) < 4.78 is 2.03. The van der Waals surface area contributed by atoms with E-state index >= 15 is 0 Å². The number of nitrogen functional groups attached to an aromatic ring is 1. The number of imidazole rings is 1.